The van der Waals surface area contributed by atoms with Crippen LogP contribution in [0.4, 0.5) is 0 Å². The van der Waals surface area contributed by atoms with Crippen LogP contribution in [0.3, 0.4) is 0 Å². The Hall–Kier alpha value is -2.17. The van der Waals surface area contributed by atoms with Gasteiger partial charge in [0.15, 0.2) is 0 Å². The van der Waals surface area contributed by atoms with Gasteiger partial charge >= 0.3 is 0 Å². The van der Waals surface area contributed by atoms with Gasteiger partial charge in [-0.15, -0.1) is 0 Å². The van der Waals surface area contributed by atoms with Crippen LogP contribution in [0.2, 0.25) is 0 Å². The highest BCUT2D eigenvalue weighted by Gasteiger charge is 2.08. The normalized spacial score (nSPS) is 10.7. The molecule has 0 unspecified atom stereocenters. The second-order valence-electron chi connectivity index (χ2n) is 4.67. The summed E-state index contributed by atoms with van der Waals surface area (Å²) in [4.78, 5) is 27.4. The summed E-state index contributed by atoms with van der Waals surface area (Å²) in [5.41, 5.74) is 3.16. The summed E-state index contributed by atoms with van der Waals surface area (Å²) in [5.74, 6) is 0.482. The zero-order valence-electron chi connectivity index (χ0n) is 11.4. The van der Waals surface area contributed by atoms with Crippen LogP contribution in [0.15, 0.2) is 18.2 Å². The van der Waals surface area contributed by atoms with E-state index in [-0.39, 0.29) is 0 Å². The quantitative estimate of drug-likeness (QED) is 0.610. The first kappa shape index (κ1) is 13.3. The topological polar surface area (TPSA) is 55.2 Å². The fraction of sp³-hybridized carbons (Fsp3) is 0.357. The third kappa shape index (κ3) is 2.65. The summed E-state index contributed by atoms with van der Waals surface area (Å²) >= 11 is 0. The molecular weight excluding hydrogens is 242 g/mol. The predicted molar refractivity (Wildman–Crippen MR) is 72.9 cm³/mol. The number of hydrogen-bond acceptors (Lipinski definition) is 3. The minimum atomic E-state index is -0.491. The van der Waals surface area contributed by atoms with E-state index in [0.717, 1.165) is 22.4 Å². The number of benzene rings is 1. The standard InChI is InChI=1S/C14H17N3O2/c1-10-15-12-8-11(4-5-13(12)17(10)3)6-7-16(2)14(19)9-18/h4-5,8-9H,6-7H2,1-3H3. The number of aldehydes is 1. The molecule has 0 saturated carbocycles. The van der Waals surface area contributed by atoms with Crippen LogP contribution in [0.5, 0.6) is 0 Å². The van der Waals surface area contributed by atoms with E-state index < -0.39 is 5.91 Å². The number of rotatable bonds is 4. The van der Waals surface area contributed by atoms with Gasteiger partial charge in [0.25, 0.3) is 5.91 Å². The summed E-state index contributed by atoms with van der Waals surface area (Å²) in [5, 5.41) is 0. The van der Waals surface area contributed by atoms with Gasteiger partial charge in [0.1, 0.15) is 5.82 Å². The Bertz CT molecular complexity index is 631. The SMILES string of the molecule is Cc1nc2cc(CCN(C)C(=O)C=O)ccc2n1C. The van der Waals surface area contributed by atoms with Crippen molar-refractivity contribution in [2.75, 3.05) is 13.6 Å². The van der Waals surface area contributed by atoms with Gasteiger partial charge in [-0.3, -0.25) is 9.59 Å². The van der Waals surface area contributed by atoms with E-state index in [1.807, 2.05) is 36.7 Å². The van der Waals surface area contributed by atoms with Crippen LogP contribution >= 0.6 is 0 Å². The lowest BCUT2D eigenvalue weighted by molar-refractivity contribution is -0.137. The van der Waals surface area contributed by atoms with Crippen molar-refractivity contribution < 1.29 is 9.59 Å². The molecule has 5 heteroatoms. The van der Waals surface area contributed by atoms with Crippen molar-refractivity contribution in [2.24, 2.45) is 7.05 Å². The van der Waals surface area contributed by atoms with E-state index in [0.29, 0.717) is 19.3 Å². The molecule has 2 rings (SSSR count). The highest BCUT2D eigenvalue weighted by molar-refractivity contribution is 6.23. The third-order valence-corrected chi connectivity index (χ3v) is 3.38. The molecule has 5 nitrogen and oxygen atoms in total. The van der Waals surface area contributed by atoms with Crippen LogP contribution in [0.25, 0.3) is 11.0 Å². The molecule has 1 amide bonds. The number of hydrogen-bond donors (Lipinski definition) is 0. The lowest BCUT2D eigenvalue weighted by Gasteiger charge is -2.13. The largest absolute Gasteiger partial charge is 0.339 e. The van der Waals surface area contributed by atoms with Gasteiger partial charge in [-0.1, -0.05) is 6.07 Å². The highest BCUT2D eigenvalue weighted by Crippen LogP contribution is 2.16. The first-order valence-corrected chi connectivity index (χ1v) is 6.15. The maximum absolute atomic E-state index is 11.1. The molecule has 0 atom stereocenters. The Balaban J connectivity index is 2.14. The van der Waals surface area contributed by atoms with Crippen LogP contribution < -0.4 is 0 Å². The molecule has 1 aromatic carbocycles. The number of aryl methyl sites for hydroxylation is 2. The molecule has 0 aliphatic rings. The van der Waals surface area contributed by atoms with E-state index in [4.69, 9.17) is 0 Å². The highest BCUT2D eigenvalue weighted by atomic mass is 16.2. The molecule has 0 spiro atoms. The number of likely N-dealkylation sites (N-methyl/N-ethyl adjacent to an activating group) is 1. The number of imidazole rings is 1. The molecule has 1 heterocycles. The first-order valence-electron chi connectivity index (χ1n) is 6.15. The number of nitrogens with zero attached hydrogens (tertiary/aromatic N) is 3. The predicted octanol–water partition coefficient (Wildman–Crippen LogP) is 1.08. The van der Waals surface area contributed by atoms with Gasteiger partial charge < -0.3 is 9.47 Å². The number of amides is 1. The van der Waals surface area contributed by atoms with Crippen LogP contribution in [0.1, 0.15) is 11.4 Å². The average molecular weight is 259 g/mol. The third-order valence-electron chi connectivity index (χ3n) is 3.38. The lowest BCUT2D eigenvalue weighted by atomic mass is 10.1. The molecule has 2 aromatic rings. The monoisotopic (exact) mass is 259 g/mol. The number of fused-ring (bicyclic) bond motifs is 1. The molecule has 1 aromatic heterocycles. The smallest absolute Gasteiger partial charge is 0.286 e. The number of aromatic nitrogens is 2. The van der Waals surface area contributed by atoms with Crippen molar-refractivity contribution in [3.8, 4) is 0 Å². The Morgan fingerprint density at radius 2 is 2.21 bits per heavy atom. The van der Waals surface area contributed by atoms with Gasteiger partial charge in [-0.05, 0) is 31.0 Å². The van der Waals surface area contributed by atoms with E-state index in [1.54, 1.807) is 7.05 Å². The summed E-state index contributed by atoms with van der Waals surface area (Å²) in [6.45, 7) is 2.49. The molecule has 0 aliphatic heterocycles. The maximum atomic E-state index is 11.1. The minimum Gasteiger partial charge on any atom is -0.339 e. The van der Waals surface area contributed by atoms with Crippen molar-refractivity contribution in [2.45, 2.75) is 13.3 Å². The van der Waals surface area contributed by atoms with Crippen molar-refractivity contribution in [1.82, 2.24) is 14.5 Å². The number of carbonyl (C=O) groups excluding carboxylic acids is 2. The fourth-order valence-corrected chi connectivity index (χ4v) is 2.02. The second-order valence-corrected chi connectivity index (χ2v) is 4.67. The Labute approximate surface area is 111 Å². The zero-order valence-corrected chi connectivity index (χ0v) is 11.4. The Morgan fingerprint density at radius 1 is 1.47 bits per heavy atom. The van der Waals surface area contributed by atoms with Gasteiger partial charge in [0.2, 0.25) is 6.29 Å². The second kappa shape index (κ2) is 5.22. The van der Waals surface area contributed by atoms with E-state index in [9.17, 15) is 9.59 Å². The van der Waals surface area contributed by atoms with E-state index in [1.165, 1.54) is 4.90 Å². The molecule has 0 aliphatic carbocycles. The molecule has 0 bridgehead atoms. The van der Waals surface area contributed by atoms with Crippen molar-refractivity contribution >= 4 is 23.2 Å². The molecule has 0 N–H and O–H groups in total. The van der Waals surface area contributed by atoms with E-state index in [2.05, 4.69) is 4.98 Å². The summed E-state index contributed by atoms with van der Waals surface area (Å²) < 4.78 is 2.04. The minimum absolute atomic E-state index is 0.339. The summed E-state index contributed by atoms with van der Waals surface area (Å²) in [7, 11) is 3.61. The molecule has 19 heavy (non-hydrogen) atoms. The maximum Gasteiger partial charge on any atom is 0.286 e. The number of carbonyl (C=O) groups is 2. The Kier molecular flexibility index (Phi) is 3.64. The van der Waals surface area contributed by atoms with Crippen molar-refractivity contribution in [1.29, 1.82) is 0 Å². The van der Waals surface area contributed by atoms with Crippen molar-refractivity contribution in [3.63, 3.8) is 0 Å². The molecule has 0 saturated heterocycles. The summed E-state index contributed by atoms with van der Waals surface area (Å²) in [6.07, 6.45) is 1.05. The average Bonchev–Trinajstić information content (AvgIpc) is 2.70. The zero-order chi connectivity index (χ0) is 14.0. The van der Waals surface area contributed by atoms with Gasteiger partial charge in [0, 0.05) is 20.6 Å². The van der Waals surface area contributed by atoms with Crippen LogP contribution in [-0.4, -0.2) is 40.2 Å². The lowest BCUT2D eigenvalue weighted by Crippen LogP contribution is -2.29. The molecule has 0 radical (unpaired) electrons. The summed E-state index contributed by atoms with van der Waals surface area (Å²) in [6, 6.07) is 6.09. The van der Waals surface area contributed by atoms with Crippen LogP contribution in [-0.2, 0) is 23.1 Å². The van der Waals surface area contributed by atoms with Gasteiger partial charge in [0.05, 0.1) is 11.0 Å². The molecule has 100 valence electrons. The van der Waals surface area contributed by atoms with E-state index >= 15 is 0 Å². The van der Waals surface area contributed by atoms with Crippen LogP contribution in [0, 0.1) is 6.92 Å². The Morgan fingerprint density at radius 3 is 2.89 bits per heavy atom. The molecular formula is C14H17N3O2. The van der Waals surface area contributed by atoms with Gasteiger partial charge in [-0.25, -0.2) is 4.98 Å². The van der Waals surface area contributed by atoms with Gasteiger partial charge in [-0.2, -0.15) is 0 Å². The van der Waals surface area contributed by atoms with Crippen molar-refractivity contribution in [3.05, 3.63) is 29.6 Å². The first-order chi connectivity index (χ1) is 9.02. The fourth-order valence-electron chi connectivity index (χ4n) is 2.02. The molecule has 0 fully saturated rings.